The van der Waals surface area contributed by atoms with Crippen LogP contribution in [-0.2, 0) is 0 Å². The lowest BCUT2D eigenvalue weighted by Crippen LogP contribution is -2.27. The molecule has 56 valence electrons. The van der Waals surface area contributed by atoms with E-state index in [0.717, 1.165) is 13.1 Å². The molecule has 0 N–H and O–H groups in total. The van der Waals surface area contributed by atoms with Gasteiger partial charge in [0.15, 0.2) is 0 Å². The standard InChI is InChI=1S/C6H16NS2/c1-3-5-6-7(8,9)4-2/h8-9H,3-6H2,1-2H3/q+1. The highest BCUT2D eigenvalue weighted by Gasteiger charge is 2.13. The molecule has 0 heterocycles. The molecule has 0 spiro atoms. The Morgan fingerprint density at radius 3 is 2.11 bits per heavy atom. The number of quaternary nitrogens is 1. The second-order valence-electron chi connectivity index (χ2n) is 2.27. The predicted octanol–water partition coefficient (Wildman–Crippen LogP) is 2.31. The van der Waals surface area contributed by atoms with E-state index in [4.69, 9.17) is 0 Å². The molecule has 0 rings (SSSR count). The molecule has 0 aromatic heterocycles. The third kappa shape index (κ3) is 5.12. The Morgan fingerprint density at radius 2 is 1.78 bits per heavy atom. The molecule has 9 heavy (non-hydrogen) atoms. The molecule has 1 nitrogen and oxygen atoms in total. The highest BCUT2D eigenvalue weighted by molar-refractivity contribution is 7.87. The Bertz CT molecular complexity index is 73.5. The molecule has 0 saturated heterocycles. The Balaban J connectivity index is 3.33. The van der Waals surface area contributed by atoms with Crippen LogP contribution in [0.25, 0.3) is 0 Å². The molecule has 0 aromatic rings. The number of nitrogens with zero attached hydrogens (tertiary/aromatic N) is 1. The van der Waals surface area contributed by atoms with Crippen LogP contribution in [0.4, 0.5) is 0 Å². The fraction of sp³-hybridized carbons (Fsp3) is 1.00. The van der Waals surface area contributed by atoms with E-state index in [1.165, 1.54) is 12.8 Å². The smallest absolute Gasteiger partial charge is 0.0998 e. The molecule has 0 fully saturated rings. The molecule has 0 unspecified atom stereocenters. The monoisotopic (exact) mass is 166 g/mol. The largest absolute Gasteiger partial charge is 0.206 e. The minimum absolute atomic E-state index is 0.563. The molecule has 0 aliphatic rings. The van der Waals surface area contributed by atoms with Crippen molar-refractivity contribution in [1.82, 2.24) is 0 Å². The molecule has 0 saturated carbocycles. The molecular formula is C6H16NS2+. The first kappa shape index (κ1) is 9.66. The summed E-state index contributed by atoms with van der Waals surface area (Å²) < 4.78 is 0.563. The summed E-state index contributed by atoms with van der Waals surface area (Å²) in [4.78, 5) is 0. The normalized spacial score (nSPS) is 12.0. The molecule has 0 atom stereocenters. The molecule has 0 radical (unpaired) electrons. The minimum Gasteiger partial charge on any atom is -0.206 e. The molecule has 0 aliphatic carbocycles. The number of hydrogen-bond acceptors (Lipinski definition) is 2. The van der Waals surface area contributed by atoms with Crippen LogP contribution in [-0.4, -0.2) is 16.4 Å². The first-order valence-electron chi connectivity index (χ1n) is 3.45. The lowest BCUT2D eigenvalue weighted by atomic mass is 10.3. The summed E-state index contributed by atoms with van der Waals surface area (Å²) in [7, 11) is 0. The topological polar surface area (TPSA) is 0 Å². The summed E-state index contributed by atoms with van der Waals surface area (Å²) in [6.07, 6.45) is 2.43. The van der Waals surface area contributed by atoms with E-state index in [9.17, 15) is 0 Å². The highest BCUT2D eigenvalue weighted by Crippen LogP contribution is 2.16. The van der Waals surface area contributed by atoms with Gasteiger partial charge in [-0.3, -0.25) is 0 Å². The van der Waals surface area contributed by atoms with Crippen molar-refractivity contribution in [2.75, 3.05) is 13.1 Å². The van der Waals surface area contributed by atoms with E-state index in [1.54, 1.807) is 0 Å². The quantitative estimate of drug-likeness (QED) is 0.465. The fourth-order valence-electron chi connectivity index (χ4n) is 0.569. The van der Waals surface area contributed by atoms with Crippen molar-refractivity contribution in [1.29, 1.82) is 0 Å². The molecular weight excluding hydrogens is 150 g/mol. The maximum absolute atomic E-state index is 4.32. The van der Waals surface area contributed by atoms with Gasteiger partial charge in [0.05, 0.1) is 38.7 Å². The molecule has 0 aromatic carbocycles. The van der Waals surface area contributed by atoms with Gasteiger partial charge in [-0.1, -0.05) is 13.3 Å². The molecule has 0 bridgehead atoms. The Morgan fingerprint density at radius 1 is 1.22 bits per heavy atom. The van der Waals surface area contributed by atoms with Crippen LogP contribution in [0.1, 0.15) is 26.7 Å². The van der Waals surface area contributed by atoms with Crippen molar-refractivity contribution < 1.29 is 3.29 Å². The van der Waals surface area contributed by atoms with Gasteiger partial charge in [0.25, 0.3) is 0 Å². The number of thiol groups is 2. The van der Waals surface area contributed by atoms with Crippen LogP contribution in [0.15, 0.2) is 0 Å². The van der Waals surface area contributed by atoms with E-state index >= 15 is 0 Å². The first-order valence-corrected chi connectivity index (χ1v) is 4.25. The average molecular weight is 166 g/mol. The van der Waals surface area contributed by atoms with Gasteiger partial charge in [-0.25, -0.2) is 3.29 Å². The molecule has 3 heteroatoms. The zero-order chi connectivity index (χ0) is 7.33. The van der Waals surface area contributed by atoms with Gasteiger partial charge < -0.3 is 0 Å². The van der Waals surface area contributed by atoms with Gasteiger partial charge in [-0.2, -0.15) is 0 Å². The summed E-state index contributed by atoms with van der Waals surface area (Å²) in [6, 6.07) is 0. The summed E-state index contributed by atoms with van der Waals surface area (Å²) >= 11 is 8.64. The van der Waals surface area contributed by atoms with Crippen molar-refractivity contribution in [3.63, 3.8) is 0 Å². The maximum Gasteiger partial charge on any atom is 0.0998 e. The van der Waals surface area contributed by atoms with E-state index < -0.39 is 0 Å². The minimum atomic E-state index is 0.563. The van der Waals surface area contributed by atoms with Gasteiger partial charge in [-0.05, 0) is 13.3 Å². The molecule has 0 amide bonds. The number of rotatable bonds is 4. The summed E-state index contributed by atoms with van der Waals surface area (Å²) in [5.74, 6) is 0. The first-order chi connectivity index (χ1) is 4.12. The molecule has 0 aliphatic heterocycles. The second kappa shape index (κ2) is 4.47. The van der Waals surface area contributed by atoms with Crippen molar-refractivity contribution in [2.45, 2.75) is 26.7 Å². The van der Waals surface area contributed by atoms with Crippen molar-refractivity contribution in [3.05, 3.63) is 0 Å². The van der Waals surface area contributed by atoms with Crippen LogP contribution >= 0.6 is 25.6 Å². The predicted molar refractivity (Wildman–Crippen MR) is 48.5 cm³/mol. The summed E-state index contributed by atoms with van der Waals surface area (Å²) in [6.45, 7) is 6.30. The Hall–Kier alpha value is 0.660. The van der Waals surface area contributed by atoms with Crippen LogP contribution in [0.2, 0.25) is 0 Å². The lowest BCUT2D eigenvalue weighted by Gasteiger charge is -2.21. The number of unbranched alkanes of at least 4 members (excludes halogenated alkanes) is 1. The van der Waals surface area contributed by atoms with Crippen LogP contribution in [0.5, 0.6) is 0 Å². The van der Waals surface area contributed by atoms with E-state index in [1.807, 2.05) is 0 Å². The van der Waals surface area contributed by atoms with Crippen molar-refractivity contribution in [2.24, 2.45) is 0 Å². The zero-order valence-electron chi connectivity index (χ0n) is 6.17. The van der Waals surface area contributed by atoms with Crippen molar-refractivity contribution in [3.8, 4) is 0 Å². The highest BCUT2D eigenvalue weighted by atomic mass is 32.2. The number of hydrogen-bond donors (Lipinski definition) is 2. The average Bonchev–Trinajstić information content (AvgIpc) is 1.84. The van der Waals surface area contributed by atoms with Gasteiger partial charge in [-0.15, -0.1) is 0 Å². The Kier molecular flexibility index (Phi) is 4.80. The summed E-state index contributed by atoms with van der Waals surface area (Å²) in [5, 5.41) is 0. The van der Waals surface area contributed by atoms with Gasteiger partial charge in [0.2, 0.25) is 0 Å². The third-order valence-electron chi connectivity index (χ3n) is 1.38. The van der Waals surface area contributed by atoms with Crippen LogP contribution in [0.3, 0.4) is 0 Å². The van der Waals surface area contributed by atoms with E-state index in [0.29, 0.717) is 3.29 Å². The van der Waals surface area contributed by atoms with Crippen LogP contribution in [0, 0.1) is 0 Å². The SMILES string of the molecule is CCCC[N+](S)(S)CC. The van der Waals surface area contributed by atoms with Gasteiger partial charge in [0.1, 0.15) is 0 Å². The van der Waals surface area contributed by atoms with E-state index in [-0.39, 0.29) is 0 Å². The van der Waals surface area contributed by atoms with Gasteiger partial charge in [0, 0.05) is 0 Å². The lowest BCUT2D eigenvalue weighted by molar-refractivity contribution is -0.637. The second-order valence-corrected chi connectivity index (χ2v) is 4.12. The zero-order valence-corrected chi connectivity index (χ0v) is 7.96. The van der Waals surface area contributed by atoms with Gasteiger partial charge >= 0.3 is 0 Å². The summed E-state index contributed by atoms with van der Waals surface area (Å²) in [5.41, 5.74) is 0. The Labute approximate surface area is 69.1 Å². The van der Waals surface area contributed by atoms with E-state index in [2.05, 4.69) is 39.5 Å². The third-order valence-corrected chi connectivity index (χ3v) is 2.34. The fourth-order valence-corrected chi connectivity index (χ4v) is 0.852. The van der Waals surface area contributed by atoms with Crippen LogP contribution < -0.4 is 0 Å². The maximum atomic E-state index is 4.32. The van der Waals surface area contributed by atoms with Crippen molar-refractivity contribution >= 4 is 25.6 Å².